The van der Waals surface area contributed by atoms with Crippen LogP contribution in [0.25, 0.3) is 0 Å². The fourth-order valence-electron chi connectivity index (χ4n) is 1.09. The van der Waals surface area contributed by atoms with Crippen LogP contribution in [0.4, 0.5) is 0 Å². The highest BCUT2D eigenvalue weighted by atomic mass is 16.5. The molecular weight excluding hydrogens is 190 g/mol. The van der Waals surface area contributed by atoms with Crippen molar-refractivity contribution in [1.29, 1.82) is 0 Å². The van der Waals surface area contributed by atoms with E-state index in [4.69, 9.17) is 15.2 Å². The lowest BCUT2D eigenvalue weighted by Gasteiger charge is -2.10. The molecular formula is C12H19NO2. The zero-order valence-corrected chi connectivity index (χ0v) is 9.19. The van der Waals surface area contributed by atoms with Gasteiger partial charge in [0.05, 0.1) is 13.2 Å². The van der Waals surface area contributed by atoms with Crippen molar-refractivity contribution in [2.45, 2.75) is 19.4 Å². The lowest BCUT2D eigenvalue weighted by atomic mass is 10.3. The number of benzene rings is 1. The smallest absolute Gasteiger partial charge is 0.119 e. The predicted octanol–water partition coefficient (Wildman–Crippen LogP) is 1.82. The maximum Gasteiger partial charge on any atom is 0.119 e. The molecule has 15 heavy (non-hydrogen) atoms. The molecule has 0 heterocycles. The van der Waals surface area contributed by atoms with Crippen molar-refractivity contribution in [3.05, 3.63) is 30.3 Å². The third-order valence-corrected chi connectivity index (χ3v) is 2.10. The van der Waals surface area contributed by atoms with Gasteiger partial charge in [0.1, 0.15) is 12.4 Å². The fourth-order valence-corrected chi connectivity index (χ4v) is 1.09. The summed E-state index contributed by atoms with van der Waals surface area (Å²) < 4.78 is 10.8. The second-order valence-electron chi connectivity index (χ2n) is 3.40. The quantitative estimate of drug-likeness (QED) is 0.697. The number of hydrogen-bond acceptors (Lipinski definition) is 3. The van der Waals surface area contributed by atoms with Crippen LogP contribution in [0.2, 0.25) is 0 Å². The molecule has 0 aliphatic rings. The van der Waals surface area contributed by atoms with E-state index in [0.29, 0.717) is 19.8 Å². The van der Waals surface area contributed by atoms with Crippen LogP contribution in [-0.4, -0.2) is 25.9 Å². The number of hydrogen-bond donors (Lipinski definition) is 1. The van der Waals surface area contributed by atoms with Gasteiger partial charge in [-0.2, -0.15) is 0 Å². The molecule has 0 aliphatic carbocycles. The molecule has 0 bridgehead atoms. The monoisotopic (exact) mass is 209 g/mol. The molecule has 0 saturated carbocycles. The Bertz CT molecular complexity index is 251. The van der Waals surface area contributed by atoms with Gasteiger partial charge >= 0.3 is 0 Å². The van der Waals surface area contributed by atoms with Gasteiger partial charge in [0.15, 0.2) is 0 Å². The third kappa shape index (κ3) is 5.40. The minimum atomic E-state index is 0.140. The van der Waals surface area contributed by atoms with Gasteiger partial charge < -0.3 is 15.2 Å². The van der Waals surface area contributed by atoms with E-state index in [2.05, 4.69) is 6.92 Å². The van der Waals surface area contributed by atoms with Crippen LogP contribution in [-0.2, 0) is 4.74 Å². The molecule has 84 valence electrons. The summed E-state index contributed by atoms with van der Waals surface area (Å²) in [4.78, 5) is 0. The molecule has 1 aromatic rings. The summed E-state index contributed by atoms with van der Waals surface area (Å²) >= 11 is 0. The summed E-state index contributed by atoms with van der Waals surface area (Å²) in [5, 5.41) is 0. The Balaban J connectivity index is 2.03. The van der Waals surface area contributed by atoms with Gasteiger partial charge in [-0.15, -0.1) is 0 Å². The van der Waals surface area contributed by atoms with Gasteiger partial charge in [0, 0.05) is 6.04 Å². The molecule has 0 aromatic heterocycles. The standard InChI is InChI=1S/C12H19NO2/c1-2-11(13)10-14-8-9-15-12-6-4-3-5-7-12/h3-7,11H,2,8-10,13H2,1H3. The molecule has 3 heteroatoms. The van der Waals surface area contributed by atoms with Crippen LogP contribution >= 0.6 is 0 Å². The largest absolute Gasteiger partial charge is 0.491 e. The molecule has 0 fully saturated rings. The summed E-state index contributed by atoms with van der Waals surface area (Å²) in [7, 11) is 0. The summed E-state index contributed by atoms with van der Waals surface area (Å²) in [6, 6.07) is 9.85. The highest BCUT2D eigenvalue weighted by molar-refractivity contribution is 5.20. The summed E-state index contributed by atoms with van der Waals surface area (Å²) in [6.45, 7) is 3.81. The Kier molecular flexibility index (Phi) is 5.81. The van der Waals surface area contributed by atoms with Gasteiger partial charge in [-0.05, 0) is 18.6 Å². The molecule has 1 rings (SSSR count). The molecule has 1 atom stereocenters. The lowest BCUT2D eigenvalue weighted by molar-refractivity contribution is 0.0897. The van der Waals surface area contributed by atoms with Crippen molar-refractivity contribution in [3.8, 4) is 5.75 Å². The van der Waals surface area contributed by atoms with E-state index in [1.807, 2.05) is 30.3 Å². The topological polar surface area (TPSA) is 44.5 Å². The van der Waals surface area contributed by atoms with Crippen LogP contribution in [0.15, 0.2) is 30.3 Å². The van der Waals surface area contributed by atoms with Crippen LogP contribution in [0.3, 0.4) is 0 Å². The van der Waals surface area contributed by atoms with E-state index < -0.39 is 0 Å². The van der Waals surface area contributed by atoms with Gasteiger partial charge in [-0.1, -0.05) is 25.1 Å². The maximum atomic E-state index is 5.70. The van der Waals surface area contributed by atoms with E-state index in [9.17, 15) is 0 Å². The number of para-hydroxylation sites is 1. The average molecular weight is 209 g/mol. The minimum absolute atomic E-state index is 0.140. The molecule has 3 nitrogen and oxygen atoms in total. The van der Waals surface area contributed by atoms with Crippen molar-refractivity contribution >= 4 is 0 Å². The van der Waals surface area contributed by atoms with Crippen molar-refractivity contribution in [1.82, 2.24) is 0 Å². The average Bonchev–Trinajstić information content (AvgIpc) is 2.29. The van der Waals surface area contributed by atoms with Gasteiger partial charge in [-0.3, -0.25) is 0 Å². The molecule has 0 radical (unpaired) electrons. The molecule has 0 spiro atoms. The van der Waals surface area contributed by atoms with E-state index in [-0.39, 0.29) is 6.04 Å². The van der Waals surface area contributed by atoms with Gasteiger partial charge in [0.2, 0.25) is 0 Å². The second-order valence-corrected chi connectivity index (χ2v) is 3.40. The summed E-state index contributed by atoms with van der Waals surface area (Å²) in [5.74, 6) is 0.876. The van der Waals surface area contributed by atoms with Crippen LogP contribution in [0, 0.1) is 0 Å². The first-order valence-electron chi connectivity index (χ1n) is 5.34. The summed E-state index contributed by atoms with van der Waals surface area (Å²) in [5.41, 5.74) is 5.70. The Hall–Kier alpha value is -1.06. The van der Waals surface area contributed by atoms with Crippen LogP contribution in [0.1, 0.15) is 13.3 Å². The highest BCUT2D eigenvalue weighted by Crippen LogP contribution is 2.07. The minimum Gasteiger partial charge on any atom is -0.491 e. The second kappa shape index (κ2) is 7.26. The molecule has 1 unspecified atom stereocenters. The molecule has 2 N–H and O–H groups in total. The Morgan fingerprint density at radius 1 is 1.20 bits per heavy atom. The zero-order chi connectivity index (χ0) is 10.9. The van der Waals surface area contributed by atoms with Crippen molar-refractivity contribution < 1.29 is 9.47 Å². The van der Waals surface area contributed by atoms with Gasteiger partial charge in [-0.25, -0.2) is 0 Å². The van der Waals surface area contributed by atoms with E-state index >= 15 is 0 Å². The predicted molar refractivity (Wildman–Crippen MR) is 61.0 cm³/mol. The fraction of sp³-hybridized carbons (Fsp3) is 0.500. The van der Waals surface area contributed by atoms with E-state index in [0.717, 1.165) is 12.2 Å². The highest BCUT2D eigenvalue weighted by Gasteiger charge is 1.98. The van der Waals surface area contributed by atoms with Crippen molar-refractivity contribution in [2.24, 2.45) is 5.73 Å². The van der Waals surface area contributed by atoms with E-state index in [1.54, 1.807) is 0 Å². The number of ether oxygens (including phenoxy) is 2. The van der Waals surface area contributed by atoms with Crippen molar-refractivity contribution in [2.75, 3.05) is 19.8 Å². The normalized spacial score (nSPS) is 12.4. The molecule has 0 aliphatic heterocycles. The third-order valence-electron chi connectivity index (χ3n) is 2.10. The summed E-state index contributed by atoms with van der Waals surface area (Å²) in [6.07, 6.45) is 0.944. The first-order valence-corrected chi connectivity index (χ1v) is 5.34. The zero-order valence-electron chi connectivity index (χ0n) is 9.19. The van der Waals surface area contributed by atoms with Gasteiger partial charge in [0.25, 0.3) is 0 Å². The van der Waals surface area contributed by atoms with Crippen LogP contribution < -0.4 is 10.5 Å². The van der Waals surface area contributed by atoms with Crippen molar-refractivity contribution in [3.63, 3.8) is 0 Å². The Morgan fingerprint density at radius 2 is 1.93 bits per heavy atom. The SMILES string of the molecule is CCC(N)COCCOc1ccccc1. The van der Waals surface area contributed by atoms with E-state index in [1.165, 1.54) is 0 Å². The first kappa shape index (κ1) is 12.0. The Labute approximate surface area is 91.2 Å². The number of nitrogens with two attached hydrogens (primary N) is 1. The van der Waals surface area contributed by atoms with Crippen LogP contribution in [0.5, 0.6) is 5.75 Å². The molecule has 0 saturated heterocycles. The first-order chi connectivity index (χ1) is 7.33. The lowest BCUT2D eigenvalue weighted by Crippen LogP contribution is -2.26. The maximum absolute atomic E-state index is 5.70. The molecule has 1 aromatic carbocycles. The molecule has 0 amide bonds. The number of rotatable bonds is 7. The Morgan fingerprint density at radius 3 is 2.60 bits per heavy atom.